The van der Waals surface area contributed by atoms with Crippen molar-refractivity contribution in [3.8, 4) is 0 Å². The molecule has 0 aromatic heterocycles. The summed E-state index contributed by atoms with van der Waals surface area (Å²) >= 11 is 5.35. The molecule has 1 aliphatic rings. The molecule has 15 heavy (non-hydrogen) atoms. The molecule has 0 amide bonds. The highest BCUT2D eigenvalue weighted by Crippen LogP contribution is 2.19. The molecule has 0 saturated carbocycles. The van der Waals surface area contributed by atoms with E-state index in [2.05, 4.69) is 29.2 Å². The van der Waals surface area contributed by atoms with Gasteiger partial charge in [0.1, 0.15) is 0 Å². The number of nitrogens with two attached hydrogens (primary N) is 1. The van der Waals surface area contributed by atoms with Crippen molar-refractivity contribution < 1.29 is 0 Å². The Labute approximate surface area is 96.1 Å². The van der Waals surface area contributed by atoms with E-state index in [0.717, 1.165) is 30.9 Å². The first kappa shape index (κ1) is 10.6. The van der Waals surface area contributed by atoms with E-state index in [4.69, 9.17) is 18.0 Å². The molecular weight excluding hydrogens is 204 g/mol. The average Bonchev–Trinajstić information content (AvgIpc) is 2.29. The first-order valence-electron chi connectivity index (χ1n) is 5.36. The normalized spacial score (nSPS) is 14.9. The molecule has 0 bridgehead atoms. The Bertz CT molecular complexity index is 362. The maximum absolute atomic E-state index is 5.52. The van der Waals surface area contributed by atoms with E-state index in [9.17, 15) is 0 Å². The predicted molar refractivity (Wildman–Crippen MR) is 66.8 cm³/mol. The van der Waals surface area contributed by atoms with Crippen molar-refractivity contribution in [3.05, 3.63) is 35.4 Å². The number of benzene rings is 1. The van der Waals surface area contributed by atoms with Crippen LogP contribution in [-0.4, -0.2) is 23.0 Å². The Morgan fingerprint density at radius 1 is 1.33 bits per heavy atom. The summed E-state index contributed by atoms with van der Waals surface area (Å²) in [5.74, 6) is 0. The van der Waals surface area contributed by atoms with Gasteiger partial charge >= 0.3 is 0 Å². The minimum absolute atomic E-state index is 0.650. The van der Waals surface area contributed by atoms with Crippen LogP contribution in [0.5, 0.6) is 0 Å². The summed E-state index contributed by atoms with van der Waals surface area (Å²) in [5, 5.41) is 0. The summed E-state index contributed by atoms with van der Waals surface area (Å²) in [7, 11) is 0. The van der Waals surface area contributed by atoms with Crippen LogP contribution in [-0.2, 0) is 13.0 Å². The molecule has 1 aliphatic heterocycles. The number of rotatable bonds is 2. The van der Waals surface area contributed by atoms with Crippen LogP contribution in [0.1, 0.15) is 17.5 Å². The third kappa shape index (κ3) is 2.36. The van der Waals surface area contributed by atoms with Gasteiger partial charge in [-0.3, -0.25) is 0 Å². The van der Waals surface area contributed by atoms with Gasteiger partial charge in [-0.2, -0.15) is 0 Å². The van der Waals surface area contributed by atoms with Gasteiger partial charge in [0.2, 0.25) is 0 Å². The molecule has 2 nitrogen and oxygen atoms in total. The minimum atomic E-state index is 0.650. The lowest BCUT2D eigenvalue weighted by Crippen LogP contribution is -2.35. The van der Waals surface area contributed by atoms with Crippen LogP contribution in [0, 0.1) is 0 Å². The Balaban J connectivity index is 2.08. The van der Waals surface area contributed by atoms with Crippen LogP contribution >= 0.6 is 12.2 Å². The second-order valence-corrected chi connectivity index (χ2v) is 4.34. The third-order valence-corrected chi connectivity index (χ3v) is 3.30. The lowest BCUT2D eigenvalue weighted by Gasteiger charge is -2.30. The zero-order valence-electron chi connectivity index (χ0n) is 8.78. The smallest absolute Gasteiger partial charge is 0.0795 e. The van der Waals surface area contributed by atoms with Crippen molar-refractivity contribution in [1.29, 1.82) is 0 Å². The summed E-state index contributed by atoms with van der Waals surface area (Å²) in [6.45, 7) is 2.64. The highest BCUT2D eigenvalue weighted by molar-refractivity contribution is 7.80. The van der Waals surface area contributed by atoms with Gasteiger partial charge in [-0.1, -0.05) is 36.5 Å². The van der Waals surface area contributed by atoms with Crippen molar-refractivity contribution in [3.63, 3.8) is 0 Å². The van der Waals surface area contributed by atoms with E-state index < -0.39 is 0 Å². The van der Waals surface area contributed by atoms with E-state index in [1.165, 1.54) is 11.1 Å². The maximum Gasteiger partial charge on any atom is 0.0795 e. The largest absolute Gasteiger partial charge is 0.361 e. The average molecular weight is 220 g/mol. The molecule has 0 unspecified atom stereocenters. The zero-order chi connectivity index (χ0) is 10.7. The highest BCUT2D eigenvalue weighted by atomic mass is 32.1. The lowest BCUT2D eigenvalue weighted by atomic mass is 10.00. The maximum atomic E-state index is 5.52. The molecular formula is C12H16N2S. The summed E-state index contributed by atoms with van der Waals surface area (Å²) in [4.78, 5) is 3.27. The van der Waals surface area contributed by atoms with Crippen LogP contribution < -0.4 is 5.73 Å². The van der Waals surface area contributed by atoms with E-state index in [0.29, 0.717) is 6.54 Å². The first-order chi connectivity index (χ1) is 7.31. The molecule has 80 valence electrons. The molecule has 2 N–H and O–H groups in total. The number of nitrogens with zero attached hydrogens (tertiary/aromatic N) is 1. The van der Waals surface area contributed by atoms with Gasteiger partial charge in [0.05, 0.1) is 4.99 Å². The molecule has 1 aromatic rings. The van der Waals surface area contributed by atoms with Crippen molar-refractivity contribution in [2.45, 2.75) is 19.4 Å². The Morgan fingerprint density at radius 3 is 2.80 bits per heavy atom. The van der Waals surface area contributed by atoms with E-state index in [-0.39, 0.29) is 0 Å². The van der Waals surface area contributed by atoms with E-state index >= 15 is 0 Å². The minimum Gasteiger partial charge on any atom is -0.361 e. The molecule has 0 fully saturated rings. The molecule has 0 atom stereocenters. The first-order valence-corrected chi connectivity index (χ1v) is 5.76. The van der Waals surface area contributed by atoms with Gasteiger partial charge in [0.15, 0.2) is 0 Å². The molecule has 0 saturated heterocycles. The van der Waals surface area contributed by atoms with E-state index in [1.54, 1.807) is 0 Å². The molecule has 0 aliphatic carbocycles. The van der Waals surface area contributed by atoms with Crippen molar-refractivity contribution >= 4 is 17.2 Å². The topological polar surface area (TPSA) is 29.3 Å². The van der Waals surface area contributed by atoms with Gasteiger partial charge in [0, 0.05) is 19.5 Å². The Kier molecular flexibility index (Phi) is 3.34. The van der Waals surface area contributed by atoms with Gasteiger partial charge in [0.25, 0.3) is 0 Å². The summed E-state index contributed by atoms with van der Waals surface area (Å²) in [5.41, 5.74) is 8.38. The number of hydrogen-bond donors (Lipinski definition) is 1. The highest BCUT2D eigenvalue weighted by Gasteiger charge is 2.16. The van der Waals surface area contributed by atoms with Crippen LogP contribution in [0.15, 0.2) is 24.3 Å². The predicted octanol–water partition coefficient (Wildman–Crippen LogP) is 1.72. The van der Waals surface area contributed by atoms with Gasteiger partial charge in [-0.25, -0.2) is 0 Å². The third-order valence-electron chi connectivity index (χ3n) is 2.84. The van der Waals surface area contributed by atoms with Crippen LogP contribution in [0.3, 0.4) is 0 Å². The van der Waals surface area contributed by atoms with Gasteiger partial charge in [-0.15, -0.1) is 0 Å². The zero-order valence-corrected chi connectivity index (χ0v) is 9.59. The molecule has 3 heteroatoms. The molecule has 2 rings (SSSR count). The van der Waals surface area contributed by atoms with Crippen molar-refractivity contribution in [2.24, 2.45) is 5.73 Å². The summed E-state index contributed by atoms with van der Waals surface area (Å²) < 4.78 is 0. The summed E-state index contributed by atoms with van der Waals surface area (Å²) in [6, 6.07) is 8.59. The second kappa shape index (κ2) is 4.73. The Hall–Kier alpha value is -0.930. The second-order valence-electron chi connectivity index (χ2n) is 3.87. The monoisotopic (exact) mass is 220 g/mol. The van der Waals surface area contributed by atoms with Gasteiger partial charge < -0.3 is 10.6 Å². The molecule has 0 spiro atoms. The fourth-order valence-electron chi connectivity index (χ4n) is 1.99. The lowest BCUT2D eigenvalue weighted by molar-refractivity contribution is 0.393. The number of fused-ring (bicyclic) bond motifs is 1. The molecule has 0 radical (unpaired) electrons. The van der Waals surface area contributed by atoms with E-state index in [1.807, 2.05) is 0 Å². The molecule has 1 aromatic carbocycles. The van der Waals surface area contributed by atoms with Crippen molar-refractivity contribution in [2.75, 3.05) is 13.1 Å². The number of thiocarbonyl (C=S) groups is 1. The SMILES string of the molecule is NCCC(=S)N1CCc2ccccc2C1. The summed E-state index contributed by atoms with van der Waals surface area (Å²) in [6.07, 6.45) is 1.93. The number of hydrogen-bond acceptors (Lipinski definition) is 2. The van der Waals surface area contributed by atoms with Crippen LogP contribution in [0.2, 0.25) is 0 Å². The van der Waals surface area contributed by atoms with Gasteiger partial charge in [-0.05, 0) is 24.1 Å². The fourth-order valence-corrected chi connectivity index (χ4v) is 2.26. The van der Waals surface area contributed by atoms with Crippen molar-refractivity contribution in [1.82, 2.24) is 4.90 Å². The standard InChI is InChI=1S/C12H16N2S/c13-7-5-12(15)14-8-6-10-3-1-2-4-11(10)9-14/h1-4H,5-9,13H2. The molecule has 1 heterocycles. The van der Waals surface area contributed by atoms with Crippen LogP contribution in [0.25, 0.3) is 0 Å². The fraction of sp³-hybridized carbons (Fsp3) is 0.417. The quantitative estimate of drug-likeness (QED) is 0.770. The van der Waals surface area contributed by atoms with Crippen LogP contribution in [0.4, 0.5) is 0 Å². The Morgan fingerprint density at radius 2 is 2.07 bits per heavy atom.